The Balaban J connectivity index is 3.72. The van der Waals surface area contributed by atoms with Crippen LogP contribution in [0.3, 0.4) is 0 Å². The first-order valence-electron chi connectivity index (χ1n) is 1.32. The van der Waals surface area contributed by atoms with Gasteiger partial charge in [-0.3, -0.25) is 5.73 Å². The third kappa shape index (κ3) is 5.15. The Morgan fingerprint density at radius 3 is 1.71 bits per heavy atom. The molecule has 39 valence electrons. The molecule has 1 radical (unpaired) electrons. The summed E-state index contributed by atoms with van der Waals surface area (Å²) in [5, 5.41) is 0. The zero-order valence-corrected chi connectivity index (χ0v) is 3.13. The van der Waals surface area contributed by atoms with Crippen molar-refractivity contribution in [3.63, 3.8) is 0 Å². The summed E-state index contributed by atoms with van der Waals surface area (Å²) < 4.78 is 32.3. The van der Waals surface area contributed by atoms with Gasteiger partial charge >= 0.3 is 6.18 Å². The van der Waals surface area contributed by atoms with E-state index in [-0.39, 0.29) is 0 Å². The van der Waals surface area contributed by atoms with Crippen molar-refractivity contribution in [3.8, 4) is 12.0 Å². The maximum atomic E-state index is 10.8. The minimum Gasteiger partial charge on any atom is -0.251 e. The predicted octanol–water partition coefficient (Wildman–Crippen LogP) is 0.792. The molecule has 1 N–H and O–H groups in total. The second kappa shape index (κ2) is 1.73. The Labute approximate surface area is 38.3 Å². The van der Waals surface area contributed by atoms with Crippen molar-refractivity contribution in [3.05, 3.63) is 0 Å². The van der Waals surface area contributed by atoms with E-state index in [1.807, 2.05) is 0 Å². The van der Waals surface area contributed by atoms with Gasteiger partial charge in [-0.25, -0.2) is 0 Å². The van der Waals surface area contributed by atoms with Crippen molar-refractivity contribution < 1.29 is 13.2 Å². The number of hydrogen-bond donors (Lipinski definition) is 0. The molecule has 0 aromatic carbocycles. The highest BCUT2D eigenvalue weighted by Gasteiger charge is 2.22. The zero-order chi connectivity index (χ0) is 5.91. The van der Waals surface area contributed by atoms with Crippen molar-refractivity contribution in [2.75, 3.05) is 0 Å². The molecule has 0 spiro atoms. The third-order valence-electron chi connectivity index (χ3n) is 0.204. The quantitative estimate of drug-likeness (QED) is 0.410. The van der Waals surface area contributed by atoms with E-state index >= 15 is 0 Å². The topological polar surface area (TPSA) is 23.8 Å². The van der Waals surface area contributed by atoms with Gasteiger partial charge in [0.1, 0.15) is 0 Å². The minimum absolute atomic E-state index is 0.701. The first-order chi connectivity index (χ1) is 3.06. The smallest absolute Gasteiger partial charge is 0.251 e. The number of nitrogens with one attached hydrogen (secondary N) is 1. The summed E-state index contributed by atoms with van der Waals surface area (Å²) in [7, 11) is 0. The highest BCUT2D eigenvalue weighted by molar-refractivity contribution is 5.00. The van der Waals surface area contributed by atoms with Crippen LogP contribution in [0, 0.1) is 12.0 Å². The second-order valence-electron chi connectivity index (χ2n) is 0.748. The van der Waals surface area contributed by atoms with Gasteiger partial charge in [-0.15, -0.1) is 0 Å². The lowest BCUT2D eigenvalue weighted by Gasteiger charge is -1.88. The fourth-order valence-electron chi connectivity index (χ4n) is 0.0709. The molecule has 0 saturated heterocycles. The fourth-order valence-corrected chi connectivity index (χ4v) is 0.0709. The molecule has 0 aliphatic carbocycles. The first kappa shape index (κ1) is 6.15. The lowest BCUT2D eigenvalue weighted by molar-refractivity contribution is -0.0697. The van der Waals surface area contributed by atoms with E-state index in [2.05, 4.69) is 0 Å². The standard InChI is InChI=1S/C3HF3N/c4-3(5,6)1-2-7/h7H. The third-order valence-corrected chi connectivity index (χ3v) is 0.204. The molecular weight excluding hydrogens is 107 g/mol. The van der Waals surface area contributed by atoms with Crippen LogP contribution in [-0.4, -0.2) is 6.18 Å². The summed E-state index contributed by atoms with van der Waals surface area (Å²) in [5.41, 5.74) is 5.78. The van der Waals surface area contributed by atoms with Crippen molar-refractivity contribution in [1.29, 1.82) is 0 Å². The van der Waals surface area contributed by atoms with Crippen LogP contribution in [0.25, 0.3) is 0 Å². The SMILES string of the molecule is [NH]C#CC(F)(F)F. The lowest BCUT2D eigenvalue weighted by atomic mass is 10.7. The molecule has 0 aliphatic heterocycles. The Bertz CT molecular complexity index is 104. The van der Waals surface area contributed by atoms with Gasteiger partial charge in [0.25, 0.3) is 0 Å². The Kier molecular flexibility index (Phi) is 1.52. The van der Waals surface area contributed by atoms with Crippen LogP contribution in [0.5, 0.6) is 0 Å². The molecule has 0 saturated carbocycles. The Hall–Kier alpha value is -0.850. The summed E-state index contributed by atoms with van der Waals surface area (Å²) in [6, 6.07) is 0.983. The molecule has 7 heavy (non-hydrogen) atoms. The van der Waals surface area contributed by atoms with E-state index in [4.69, 9.17) is 5.73 Å². The van der Waals surface area contributed by atoms with Gasteiger partial charge in [0, 0.05) is 12.0 Å². The molecule has 0 fully saturated rings. The van der Waals surface area contributed by atoms with Crippen LogP contribution in [0.2, 0.25) is 0 Å². The summed E-state index contributed by atoms with van der Waals surface area (Å²) >= 11 is 0. The number of halogens is 3. The number of hydrogen-bond acceptors (Lipinski definition) is 0. The summed E-state index contributed by atoms with van der Waals surface area (Å²) in [4.78, 5) is 0. The average Bonchev–Trinajstić information content (AvgIpc) is 1.30. The van der Waals surface area contributed by atoms with Crippen molar-refractivity contribution in [1.82, 2.24) is 5.73 Å². The maximum absolute atomic E-state index is 10.8. The van der Waals surface area contributed by atoms with E-state index in [1.54, 1.807) is 0 Å². The summed E-state index contributed by atoms with van der Waals surface area (Å²) in [6.45, 7) is 0. The molecule has 0 bridgehead atoms. The lowest BCUT2D eigenvalue weighted by Crippen LogP contribution is -2.01. The van der Waals surface area contributed by atoms with Crippen molar-refractivity contribution in [2.45, 2.75) is 6.18 Å². The van der Waals surface area contributed by atoms with Gasteiger partial charge in [-0.05, 0) is 0 Å². The van der Waals surface area contributed by atoms with Crippen LogP contribution < -0.4 is 5.73 Å². The monoisotopic (exact) mass is 108 g/mol. The van der Waals surface area contributed by atoms with Gasteiger partial charge in [0.05, 0.1) is 0 Å². The molecule has 0 atom stereocenters. The molecule has 1 nitrogen and oxygen atoms in total. The van der Waals surface area contributed by atoms with E-state index < -0.39 is 6.18 Å². The zero-order valence-electron chi connectivity index (χ0n) is 3.13. The van der Waals surface area contributed by atoms with Gasteiger partial charge in [0.2, 0.25) is 0 Å². The fraction of sp³-hybridized carbons (Fsp3) is 0.333. The molecule has 0 rings (SSSR count). The molecule has 0 heterocycles. The van der Waals surface area contributed by atoms with Gasteiger partial charge in [0.15, 0.2) is 0 Å². The first-order valence-corrected chi connectivity index (χ1v) is 1.32. The Morgan fingerprint density at radius 2 is 1.71 bits per heavy atom. The predicted molar refractivity (Wildman–Crippen MR) is 16.9 cm³/mol. The Morgan fingerprint density at radius 1 is 1.29 bits per heavy atom. The summed E-state index contributed by atoms with van der Waals surface area (Å²) in [5.74, 6) is 0.701. The molecule has 0 amide bonds. The van der Waals surface area contributed by atoms with E-state index in [1.165, 1.54) is 0 Å². The van der Waals surface area contributed by atoms with E-state index in [9.17, 15) is 13.2 Å². The second-order valence-corrected chi connectivity index (χ2v) is 0.748. The number of rotatable bonds is 0. The van der Waals surface area contributed by atoms with Crippen LogP contribution in [0.4, 0.5) is 13.2 Å². The van der Waals surface area contributed by atoms with Crippen molar-refractivity contribution >= 4 is 0 Å². The molecule has 0 aliphatic rings. The molecule has 0 unspecified atom stereocenters. The van der Waals surface area contributed by atoms with E-state index in [0.717, 1.165) is 6.04 Å². The molecule has 0 aromatic heterocycles. The normalized spacial score (nSPS) is 9.57. The van der Waals surface area contributed by atoms with Gasteiger partial charge in [-0.1, -0.05) is 0 Å². The van der Waals surface area contributed by atoms with Crippen molar-refractivity contribution in [2.24, 2.45) is 0 Å². The molecule has 0 aromatic rings. The maximum Gasteiger partial charge on any atom is 0.459 e. The van der Waals surface area contributed by atoms with Crippen LogP contribution in [0.1, 0.15) is 0 Å². The summed E-state index contributed by atoms with van der Waals surface area (Å²) in [6.07, 6.45) is -4.50. The van der Waals surface area contributed by atoms with Crippen LogP contribution in [0.15, 0.2) is 0 Å². The van der Waals surface area contributed by atoms with E-state index in [0.29, 0.717) is 5.92 Å². The average molecular weight is 108 g/mol. The van der Waals surface area contributed by atoms with Crippen LogP contribution in [-0.2, 0) is 0 Å². The highest BCUT2D eigenvalue weighted by Crippen LogP contribution is 2.10. The molecular formula is C3HF3N. The number of alkyl halides is 3. The minimum atomic E-state index is -4.50. The van der Waals surface area contributed by atoms with Crippen LogP contribution >= 0.6 is 0 Å². The highest BCUT2D eigenvalue weighted by atomic mass is 19.4. The van der Waals surface area contributed by atoms with Gasteiger partial charge in [-0.2, -0.15) is 13.2 Å². The largest absolute Gasteiger partial charge is 0.459 e. The molecule has 4 heteroatoms. The van der Waals surface area contributed by atoms with Gasteiger partial charge < -0.3 is 0 Å².